The zero-order valence-electron chi connectivity index (χ0n) is 15.5. The number of nitrogens with one attached hydrogen (secondary N) is 2. The predicted octanol–water partition coefficient (Wildman–Crippen LogP) is 2.03. The molecule has 1 aliphatic rings. The van der Waals surface area contributed by atoms with Crippen LogP contribution in [0.1, 0.15) is 24.6 Å². The Balaban J connectivity index is 1.45. The smallest absolute Gasteiger partial charge is 0.226 e. The molecule has 2 heterocycles. The van der Waals surface area contributed by atoms with Gasteiger partial charge in [0.2, 0.25) is 5.89 Å². The van der Waals surface area contributed by atoms with E-state index in [-0.39, 0.29) is 11.7 Å². The van der Waals surface area contributed by atoms with Crippen molar-refractivity contribution in [2.24, 2.45) is 4.99 Å². The Morgan fingerprint density at radius 2 is 2.15 bits per heavy atom. The predicted molar refractivity (Wildman–Crippen MR) is 98.8 cm³/mol. The van der Waals surface area contributed by atoms with E-state index in [0.717, 1.165) is 12.8 Å². The fourth-order valence-corrected chi connectivity index (χ4v) is 3.15. The molecule has 0 bridgehead atoms. The number of hydrogen-bond donors (Lipinski definition) is 2. The molecule has 0 radical (unpaired) electrons. The van der Waals surface area contributed by atoms with Crippen molar-refractivity contribution in [1.82, 2.24) is 20.8 Å². The Kier molecular flexibility index (Phi) is 6.20. The largest absolute Gasteiger partial charge is 0.365 e. The normalized spacial score (nSPS) is 17.4. The first-order chi connectivity index (χ1) is 13.1. The van der Waals surface area contributed by atoms with Gasteiger partial charge in [0.15, 0.2) is 11.8 Å². The molecule has 1 unspecified atom stereocenters. The maximum absolute atomic E-state index is 13.9. The molecule has 0 spiro atoms. The van der Waals surface area contributed by atoms with Crippen LogP contribution in [0.3, 0.4) is 0 Å². The molecule has 1 saturated heterocycles. The minimum atomic E-state index is -0.533. The highest BCUT2D eigenvalue weighted by Crippen LogP contribution is 2.26. The van der Waals surface area contributed by atoms with Crippen LogP contribution in [0, 0.1) is 18.6 Å². The van der Waals surface area contributed by atoms with E-state index >= 15 is 0 Å². The Labute approximate surface area is 156 Å². The summed E-state index contributed by atoms with van der Waals surface area (Å²) in [7, 11) is 1.69. The lowest BCUT2D eigenvalue weighted by molar-refractivity contribution is 0.372. The van der Waals surface area contributed by atoms with E-state index in [9.17, 15) is 8.78 Å². The van der Waals surface area contributed by atoms with Crippen LogP contribution in [0.25, 0.3) is 0 Å². The number of aryl methyl sites for hydroxylation is 2. The topological polar surface area (TPSA) is 78.6 Å². The second-order valence-electron chi connectivity index (χ2n) is 6.48. The first-order valence-corrected chi connectivity index (χ1v) is 9.02. The number of halogens is 2. The van der Waals surface area contributed by atoms with Gasteiger partial charge in [0.25, 0.3) is 0 Å². The fourth-order valence-electron chi connectivity index (χ4n) is 3.15. The maximum atomic E-state index is 13.9. The van der Waals surface area contributed by atoms with Crippen molar-refractivity contribution in [3.63, 3.8) is 0 Å². The van der Waals surface area contributed by atoms with Crippen molar-refractivity contribution in [3.8, 4) is 0 Å². The quantitative estimate of drug-likeness (QED) is 0.455. The van der Waals surface area contributed by atoms with Crippen molar-refractivity contribution >= 4 is 11.6 Å². The van der Waals surface area contributed by atoms with Crippen LogP contribution in [0.2, 0.25) is 0 Å². The lowest BCUT2D eigenvalue weighted by Gasteiger charge is -2.21. The zero-order valence-corrected chi connectivity index (χ0v) is 15.5. The molecular weight excluding hydrogens is 354 g/mol. The number of anilines is 1. The average molecular weight is 378 g/mol. The molecule has 1 atom stereocenters. The van der Waals surface area contributed by atoms with Crippen LogP contribution in [-0.4, -0.2) is 48.8 Å². The summed E-state index contributed by atoms with van der Waals surface area (Å²) in [4.78, 5) is 10.1. The van der Waals surface area contributed by atoms with Crippen molar-refractivity contribution in [2.45, 2.75) is 32.2 Å². The van der Waals surface area contributed by atoms with E-state index < -0.39 is 11.6 Å². The summed E-state index contributed by atoms with van der Waals surface area (Å²) < 4.78 is 33.0. The van der Waals surface area contributed by atoms with E-state index in [1.807, 2.05) is 0 Å². The van der Waals surface area contributed by atoms with Crippen LogP contribution < -0.4 is 15.5 Å². The minimum absolute atomic E-state index is 0.0413. The Hall–Kier alpha value is -2.71. The highest BCUT2D eigenvalue weighted by molar-refractivity contribution is 5.80. The number of aliphatic imine (C=N–C) groups is 1. The van der Waals surface area contributed by atoms with Crippen molar-refractivity contribution in [2.75, 3.05) is 31.6 Å². The van der Waals surface area contributed by atoms with Gasteiger partial charge in [-0.2, -0.15) is 4.98 Å². The Bertz CT molecular complexity index is 774. The lowest BCUT2D eigenvalue weighted by Crippen LogP contribution is -2.45. The second-order valence-corrected chi connectivity index (χ2v) is 6.48. The summed E-state index contributed by atoms with van der Waals surface area (Å²) in [5.74, 6) is 0.851. The number of rotatable bonds is 6. The number of nitrogens with zero attached hydrogens (tertiary/aromatic N) is 4. The van der Waals surface area contributed by atoms with E-state index in [0.29, 0.717) is 43.7 Å². The van der Waals surface area contributed by atoms with E-state index in [2.05, 4.69) is 25.8 Å². The first kappa shape index (κ1) is 19.1. The summed E-state index contributed by atoms with van der Waals surface area (Å²) in [6.45, 7) is 3.58. The van der Waals surface area contributed by atoms with Gasteiger partial charge in [0.05, 0.1) is 0 Å². The third-order valence-electron chi connectivity index (χ3n) is 4.44. The summed E-state index contributed by atoms with van der Waals surface area (Å²) in [6.07, 6.45) is 2.28. The second kappa shape index (κ2) is 8.79. The van der Waals surface area contributed by atoms with Crippen LogP contribution in [0.5, 0.6) is 0 Å². The molecule has 1 aliphatic heterocycles. The SMILES string of the molecule is CN=C(NCCCc1nc(C)no1)NC1CCN(c2c(F)cccc2F)C1. The molecule has 0 aliphatic carbocycles. The molecule has 1 aromatic carbocycles. The number of aromatic nitrogens is 2. The number of hydrogen-bond acceptors (Lipinski definition) is 5. The molecule has 1 aromatic heterocycles. The van der Waals surface area contributed by atoms with Gasteiger partial charge in [0.1, 0.15) is 17.3 Å². The van der Waals surface area contributed by atoms with Gasteiger partial charge >= 0.3 is 0 Å². The summed E-state index contributed by atoms with van der Waals surface area (Å²) in [5, 5.41) is 10.3. The zero-order chi connectivity index (χ0) is 19.2. The van der Waals surface area contributed by atoms with Gasteiger partial charge < -0.3 is 20.1 Å². The lowest BCUT2D eigenvalue weighted by atomic mass is 10.2. The van der Waals surface area contributed by atoms with Crippen molar-refractivity contribution < 1.29 is 13.3 Å². The molecule has 9 heteroatoms. The molecule has 0 saturated carbocycles. The molecule has 27 heavy (non-hydrogen) atoms. The minimum Gasteiger partial charge on any atom is -0.365 e. The maximum Gasteiger partial charge on any atom is 0.226 e. The molecule has 1 fully saturated rings. The van der Waals surface area contributed by atoms with Gasteiger partial charge in [-0.1, -0.05) is 11.2 Å². The third-order valence-corrected chi connectivity index (χ3v) is 4.44. The summed E-state index contributed by atoms with van der Waals surface area (Å²) >= 11 is 0. The molecule has 2 aromatic rings. The molecule has 0 amide bonds. The highest BCUT2D eigenvalue weighted by atomic mass is 19.1. The molecule has 2 N–H and O–H groups in total. The third kappa shape index (κ3) is 4.93. The van der Waals surface area contributed by atoms with E-state index in [1.54, 1.807) is 18.9 Å². The van der Waals surface area contributed by atoms with Crippen LogP contribution in [-0.2, 0) is 6.42 Å². The summed E-state index contributed by atoms with van der Waals surface area (Å²) in [6, 6.07) is 4.00. The van der Waals surface area contributed by atoms with Gasteiger partial charge in [-0.3, -0.25) is 4.99 Å². The van der Waals surface area contributed by atoms with E-state index in [4.69, 9.17) is 4.52 Å². The summed E-state index contributed by atoms with van der Waals surface area (Å²) in [5.41, 5.74) is 0.0413. The number of para-hydroxylation sites is 1. The molecular formula is C18H24F2N6O. The standard InChI is InChI=1S/C18H24F2N6O/c1-12-23-16(27-25-12)7-4-9-22-18(21-2)24-13-8-10-26(11-13)17-14(19)5-3-6-15(17)20/h3,5-6,13H,4,7-11H2,1-2H3,(H2,21,22,24). The van der Waals surface area contributed by atoms with Crippen LogP contribution in [0.4, 0.5) is 14.5 Å². The molecule has 146 valence electrons. The molecule has 3 rings (SSSR count). The molecule has 7 nitrogen and oxygen atoms in total. The van der Waals surface area contributed by atoms with E-state index in [1.165, 1.54) is 18.2 Å². The fraction of sp³-hybridized carbons (Fsp3) is 0.500. The number of benzene rings is 1. The number of guanidine groups is 1. The van der Waals surface area contributed by atoms with Gasteiger partial charge in [0, 0.05) is 39.1 Å². The Morgan fingerprint density at radius 3 is 2.81 bits per heavy atom. The Morgan fingerprint density at radius 1 is 1.37 bits per heavy atom. The monoisotopic (exact) mass is 378 g/mol. The highest BCUT2D eigenvalue weighted by Gasteiger charge is 2.27. The van der Waals surface area contributed by atoms with Crippen LogP contribution >= 0.6 is 0 Å². The van der Waals surface area contributed by atoms with Gasteiger partial charge in [-0.25, -0.2) is 8.78 Å². The van der Waals surface area contributed by atoms with Crippen LogP contribution in [0.15, 0.2) is 27.7 Å². The van der Waals surface area contributed by atoms with Crippen molar-refractivity contribution in [3.05, 3.63) is 41.5 Å². The van der Waals surface area contributed by atoms with Gasteiger partial charge in [-0.05, 0) is 31.9 Å². The van der Waals surface area contributed by atoms with Crippen molar-refractivity contribution in [1.29, 1.82) is 0 Å². The van der Waals surface area contributed by atoms with Gasteiger partial charge in [-0.15, -0.1) is 0 Å². The average Bonchev–Trinajstić information content (AvgIpc) is 3.26. The first-order valence-electron chi connectivity index (χ1n) is 9.02.